The summed E-state index contributed by atoms with van der Waals surface area (Å²) in [5.74, 6) is 3.15. The lowest BCUT2D eigenvalue weighted by molar-refractivity contribution is -0.120. The van der Waals surface area contributed by atoms with E-state index in [0.29, 0.717) is 10.0 Å². The molecule has 2 nitrogen and oxygen atoms in total. The molecule has 1 fully saturated rings. The first-order valence-corrected chi connectivity index (χ1v) is 8.98. The normalized spacial score (nSPS) is 20.9. The zero-order valence-electron chi connectivity index (χ0n) is 10.5. The van der Waals surface area contributed by atoms with Crippen molar-refractivity contribution in [2.75, 3.05) is 17.3 Å². The number of nitrogens with one attached hydrogen (secondary N) is 1. The fraction of sp³-hybridized carbons (Fsp3) is 0.462. The van der Waals surface area contributed by atoms with E-state index in [4.69, 9.17) is 23.2 Å². The van der Waals surface area contributed by atoms with E-state index < -0.39 is 0 Å². The number of carbonyl (C=O) groups excluding carboxylic acids is 1. The molecule has 1 aromatic carbocycles. The van der Waals surface area contributed by atoms with Crippen LogP contribution in [0.2, 0.25) is 10.0 Å². The number of amides is 1. The van der Waals surface area contributed by atoms with Gasteiger partial charge in [0.05, 0.1) is 11.3 Å². The van der Waals surface area contributed by atoms with E-state index in [1.165, 1.54) is 0 Å². The quantitative estimate of drug-likeness (QED) is 0.904. The Bertz CT molecular complexity index is 464. The maximum atomic E-state index is 12.1. The number of benzene rings is 1. The third-order valence-corrected chi connectivity index (χ3v) is 6.21. The van der Waals surface area contributed by atoms with E-state index in [1.807, 2.05) is 24.8 Å². The van der Waals surface area contributed by atoms with E-state index in [0.717, 1.165) is 22.8 Å². The van der Waals surface area contributed by atoms with Crippen molar-refractivity contribution in [2.24, 2.45) is 0 Å². The summed E-state index contributed by atoms with van der Waals surface area (Å²) in [4.78, 5) is 12.1. The van der Waals surface area contributed by atoms with Gasteiger partial charge in [-0.15, -0.1) is 11.8 Å². The van der Waals surface area contributed by atoms with Crippen molar-refractivity contribution >= 4 is 52.6 Å². The van der Waals surface area contributed by atoms with Crippen molar-refractivity contribution in [3.8, 4) is 0 Å². The lowest BCUT2D eigenvalue weighted by Gasteiger charge is -2.23. The fourth-order valence-corrected chi connectivity index (χ4v) is 5.01. The summed E-state index contributed by atoms with van der Waals surface area (Å²) in [6, 6.07) is 5.24. The summed E-state index contributed by atoms with van der Waals surface area (Å²) < 4.78 is 0. The van der Waals surface area contributed by atoms with Crippen LogP contribution in [0.1, 0.15) is 18.5 Å². The standard InChI is InChI=1S/C13H15Cl2NOS2/c1-8(10-3-2-9(14)6-11(10)15)16-13(17)12-7-18-4-5-19-12/h2-3,6,8,12H,4-5,7H2,1H3,(H,16,17). The molecule has 2 rings (SSSR count). The van der Waals surface area contributed by atoms with Crippen LogP contribution in [-0.2, 0) is 4.79 Å². The molecule has 0 aliphatic carbocycles. The minimum absolute atomic E-state index is 0.0484. The average molecular weight is 336 g/mol. The van der Waals surface area contributed by atoms with Gasteiger partial charge in [0.1, 0.15) is 0 Å². The molecular formula is C13H15Cl2NOS2. The average Bonchev–Trinajstić information content (AvgIpc) is 2.39. The van der Waals surface area contributed by atoms with Crippen LogP contribution in [0.3, 0.4) is 0 Å². The summed E-state index contributed by atoms with van der Waals surface area (Å²) in [6.45, 7) is 1.94. The number of thioether (sulfide) groups is 2. The van der Waals surface area contributed by atoms with Crippen molar-refractivity contribution in [3.05, 3.63) is 33.8 Å². The Kier molecular flexibility index (Phi) is 5.75. The highest BCUT2D eigenvalue weighted by atomic mass is 35.5. The molecule has 1 aliphatic rings. The van der Waals surface area contributed by atoms with Gasteiger partial charge >= 0.3 is 0 Å². The molecule has 1 N–H and O–H groups in total. The highest BCUT2D eigenvalue weighted by Gasteiger charge is 2.24. The Morgan fingerprint density at radius 2 is 2.21 bits per heavy atom. The summed E-state index contributed by atoms with van der Waals surface area (Å²) in [5.41, 5.74) is 0.896. The molecule has 0 spiro atoms. The van der Waals surface area contributed by atoms with Gasteiger partial charge in [-0.1, -0.05) is 29.3 Å². The van der Waals surface area contributed by atoms with Crippen LogP contribution >= 0.6 is 46.7 Å². The van der Waals surface area contributed by atoms with Crippen LogP contribution in [0, 0.1) is 0 Å². The smallest absolute Gasteiger partial charge is 0.234 e. The molecule has 0 aromatic heterocycles. The monoisotopic (exact) mass is 335 g/mol. The van der Waals surface area contributed by atoms with Crippen molar-refractivity contribution < 1.29 is 4.79 Å². The van der Waals surface area contributed by atoms with Gasteiger partial charge in [-0.05, 0) is 24.6 Å². The van der Waals surface area contributed by atoms with Gasteiger partial charge < -0.3 is 5.32 Å². The largest absolute Gasteiger partial charge is 0.349 e. The molecule has 104 valence electrons. The van der Waals surface area contributed by atoms with E-state index >= 15 is 0 Å². The van der Waals surface area contributed by atoms with Crippen LogP contribution < -0.4 is 5.32 Å². The van der Waals surface area contributed by atoms with Gasteiger partial charge in [0, 0.05) is 27.3 Å². The van der Waals surface area contributed by atoms with Gasteiger partial charge in [0.25, 0.3) is 0 Å². The third kappa shape index (κ3) is 4.22. The highest BCUT2D eigenvalue weighted by molar-refractivity contribution is 8.07. The molecule has 0 saturated carbocycles. The van der Waals surface area contributed by atoms with Gasteiger partial charge in [-0.25, -0.2) is 0 Å². The Labute approximate surface area is 132 Å². The molecule has 6 heteroatoms. The number of halogens is 2. The van der Waals surface area contributed by atoms with E-state index in [1.54, 1.807) is 23.9 Å². The molecule has 19 heavy (non-hydrogen) atoms. The zero-order valence-corrected chi connectivity index (χ0v) is 13.6. The van der Waals surface area contributed by atoms with Gasteiger partial charge in [-0.2, -0.15) is 11.8 Å². The first kappa shape index (κ1) is 15.4. The molecule has 2 unspecified atom stereocenters. The predicted octanol–water partition coefficient (Wildman–Crippen LogP) is 4.02. The summed E-state index contributed by atoms with van der Waals surface area (Å²) >= 11 is 15.6. The molecule has 1 heterocycles. The van der Waals surface area contributed by atoms with Gasteiger partial charge in [0.2, 0.25) is 5.91 Å². The predicted molar refractivity (Wildman–Crippen MR) is 86.6 cm³/mol. The minimum atomic E-state index is -0.107. The molecule has 0 bridgehead atoms. The van der Waals surface area contributed by atoms with Crippen LogP contribution in [0.5, 0.6) is 0 Å². The SMILES string of the molecule is CC(NC(=O)C1CSCCS1)c1ccc(Cl)cc1Cl. The molecule has 1 aliphatic heterocycles. The van der Waals surface area contributed by atoms with Crippen molar-refractivity contribution in [1.29, 1.82) is 0 Å². The summed E-state index contributed by atoms with van der Waals surface area (Å²) in [6.07, 6.45) is 0. The van der Waals surface area contributed by atoms with Crippen LogP contribution in [-0.4, -0.2) is 28.4 Å². The Morgan fingerprint density at radius 3 is 2.84 bits per heavy atom. The van der Waals surface area contributed by atoms with Crippen LogP contribution in [0.25, 0.3) is 0 Å². The highest BCUT2D eigenvalue weighted by Crippen LogP contribution is 2.28. The molecular weight excluding hydrogens is 321 g/mol. The minimum Gasteiger partial charge on any atom is -0.349 e. The van der Waals surface area contributed by atoms with E-state index in [9.17, 15) is 4.79 Å². The Balaban J connectivity index is 1.99. The van der Waals surface area contributed by atoms with E-state index in [2.05, 4.69) is 5.32 Å². The zero-order chi connectivity index (χ0) is 13.8. The van der Waals surface area contributed by atoms with Gasteiger partial charge in [0.15, 0.2) is 0 Å². The lowest BCUT2D eigenvalue weighted by atomic mass is 10.1. The molecule has 1 amide bonds. The number of hydrogen-bond acceptors (Lipinski definition) is 3. The number of carbonyl (C=O) groups is 1. The Morgan fingerprint density at radius 1 is 1.42 bits per heavy atom. The number of rotatable bonds is 3. The summed E-state index contributed by atoms with van der Waals surface area (Å²) in [5, 5.41) is 4.27. The maximum absolute atomic E-state index is 12.1. The summed E-state index contributed by atoms with van der Waals surface area (Å²) in [7, 11) is 0. The maximum Gasteiger partial charge on any atom is 0.234 e. The van der Waals surface area contributed by atoms with Crippen molar-refractivity contribution in [2.45, 2.75) is 18.2 Å². The first-order valence-electron chi connectivity index (χ1n) is 6.02. The van der Waals surface area contributed by atoms with Crippen molar-refractivity contribution in [3.63, 3.8) is 0 Å². The second kappa shape index (κ2) is 7.11. The molecule has 1 aromatic rings. The first-order chi connectivity index (χ1) is 9.08. The van der Waals surface area contributed by atoms with Gasteiger partial charge in [-0.3, -0.25) is 4.79 Å². The van der Waals surface area contributed by atoms with Crippen LogP contribution in [0.4, 0.5) is 0 Å². The second-order valence-electron chi connectivity index (χ2n) is 4.33. The lowest BCUT2D eigenvalue weighted by Crippen LogP contribution is -2.37. The molecule has 2 atom stereocenters. The Hall–Kier alpha value is -0.0300. The number of hydrogen-bond donors (Lipinski definition) is 1. The molecule has 0 radical (unpaired) electrons. The second-order valence-corrected chi connectivity index (χ2v) is 7.63. The molecule has 1 saturated heterocycles. The third-order valence-electron chi connectivity index (χ3n) is 2.90. The van der Waals surface area contributed by atoms with Crippen molar-refractivity contribution in [1.82, 2.24) is 5.32 Å². The topological polar surface area (TPSA) is 29.1 Å². The fourth-order valence-electron chi connectivity index (χ4n) is 1.88. The van der Waals surface area contributed by atoms with E-state index in [-0.39, 0.29) is 17.2 Å². The van der Waals surface area contributed by atoms with Crippen LogP contribution in [0.15, 0.2) is 18.2 Å².